The fraction of sp³-hybridized carbons (Fsp3) is 0.400. The van der Waals surface area contributed by atoms with Gasteiger partial charge in [-0.1, -0.05) is 23.7 Å². The second-order valence-corrected chi connectivity index (χ2v) is 6.64. The van der Waals surface area contributed by atoms with Crippen molar-refractivity contribution in [3.63, 3.8) is 0 Å². The van der Waals surface area contributed by atoms with Gasteiger partial charge in [-0.25, -0.2) is 4.99 Å². The molecule has 26 heavy (non-hydrogen) atoms. The van der Waals surface area contributed by atoms with Gasteiger partial charge in [0, 0.05) is 29.2 Å². The van der Waals surface area contributed by atoms with Gasteiger partial charge in [-0.05, 0) is 45.8 Å². The van der Waals surface area contributed by atoms with E-state index in [0.29, 0.717) is 18.6 Å². The van der Waals surface area contributed by atoms with Crippen LogP contribution in [0.3, 0.4) is 0 Å². The van der Waals surface area contributed by atoms with Crippen molar-refractivity contribution in [3.05, 3.63) is 52.1 Å². The molecule has 1 aromatic heterocycles. The molecule has 1 aliphatic carbocycles. The number of amides is 2. The number of allylic oxidation sites excluding steroid dienone is 3. The number of nitrogens with one attached hydrogen (secondary N) is 1. The molecular formula is C20H23N3O3. The first-order chi connectivity index (χ1) is 12.4. The second-order valence-electron chi connectivity index (χ2n) is 6.64. The quantitative estimate of drug-likeness (QED) is 0.901. The van der Waals surface area contributed by atoms with Crippen LogP contribution in [0.4, 0.5) is 0 Å². The van der Waals surface area contributed by atoms with Crippen molar-refractivity contribution in [2.45, 2.75) is 47.0 Å². The van der Waals surface area contributed by atoms with E-state index >= 15 is 0 Å². The molecule has 6 heteroatoms. The van der Waals surface area contributed by atoms with E-state index < -0.39 is 0 Å². The SMILES string of the molecule is CCC1=C(C)C2C=CC(=NC(=O)CCc3c(C)noc3C)C=C2NC1=O. The Hall–Kier alpha value is -2.76. The van der Waals surface area contributed by atoms with Gasteiger partial charge in [-0.15, -0.1) is 0 Å². The third kappa shape index (κ3) is 3.45. The zero-order valence-electron chi connectivity index (χ0n) is 15.5. The highest BCUT2D eigenvalue weighted by Gasteiger charge is 2.28. The van der Waals surface area contributed by atoms with E-state index in [1.54, 1.807) is 6.08 Å². The number of aliphatic imine (C=N–C) groups is 1. The Kier molecular flexibility index (Phi) is 5.02. The van der Waals surface area contributed by atoms with Crippen molar-refractivity contribution in [2.24, 2.45) is 10.9 Å². The molecule has 136 valence electrons. The number of fused-ring (bicyclic) bond motifs is 1. The molecule has 1 atom stereocenters. The lowest BCUT2D eigenvalue weighted by Crippen LogP contribution is -2.36. The number of rotatable bonds is 4. The van der Waals surface area contributed by atoms with Crippen molar-refractivity contribution < 1.29 is 14.1 Å². The van der Waals surface area contributed by atoms with Crippen LogP contribution in [0.2, 0.25) is 0 Å². The molecule has 2 amide bonds. The van der Waals surface area contributed by atoms with Crippen LogP contribution in [0.5, 0.6) is 0 Å². The van der Waals surface area contributed by atoms with Gasteiger partial charge in [-0.2, -0.15) is 0 Å². The van der Waals surface area contributed by atoms with Crippen LogP contribution in [0.1, 0.15) is 43.7 Å². The minimum Gasteiger partial charge on any atom is -0.361 e. The van der Waals surface area contributed by atoms with E-state index in [-0.39, 0.29) is 24.2 Å². The number of carbonyl (C=O) groups excluding carboxylic acids is 2. The van der Waals surface area contributed by atoms with Crippen LogP contribution in [0.15, 0.2) is 44.6 Å². The summed E-state index contributed by atoms with van der Waals surface area (Å²) in [6.45, 7) is 7.66. The number of hydrogen-bond acceptors (Lipinski definition) is 4. The van der Waals surface area contributed by atoms with E-state index in [4.69, 9.17) is 4.52 Å². The molecule has 3 rings (SSSR count). The molecule has 0 fully saturated rings. The molecule has 1 N–H and O–H groups in total. The highest BCUT2D eigenvalue weighted by molar-refractivity contribution is 6.11. The van der Waals surface area contributed by atoms with Gasteiger partial charge in [0.25, 0.3) is 5.91 Å². The van der Waals surface area contributed by atoms with Crippen molar-refractivity contribution >= 4 is 17.5 Å². The molecule has 0 saturated carbocycles. The summed E-state index contributed by atoms with van der Waals surface area (Å²) in [5.41, 5.74) is 5.00. The summed E-state index contributed by atoms with van der Waals surface area (Å²) < 4.78 is 5.11. The molecule has 1 aromatic rings. The van der Waals surface area contributed by atoms with Crippen LogP contribution >= 0.6 is 0 Å². The Morgan fingerprint density at radius 2 is 2.12 bits per heavy atom. The number of carbonyl (C=O) groups is 2. The maximum absolute atomic E-state index is 12.2. The zero-order valence-corrected chi connectivity index (χ0v) is 15.5. The number of aryl methyl sites for hydroxylation is 2. The van der Waals surface area contributed by atoms with Crippen molar-refractivity contribution in [3.8, 4) is 0 Å². The molecule has 0 saturated heterocycles. The highest BCUT2D eigenvalue weighted by Crippen LogP contribution is 2.31. The summed E-state index contributed by atoms with van der Waals surface area (Å²) in [6.07, 6.45) is 7.16. The van der Waals surface area contributed by atoms with E-state index in [0.717, 1.165) is 33.9 Å². The van der Waals surface area contributed by atoms with Gasteiger partial charge in [-0.3, -0.25) is 9.59 Å². The minimum absolute atomic E-state index is 0.0546. The van der Waals surface area contributed by atoms with Crippen LogP contribution in [-0.4, -0.2) is 22.7 Å². The van der Waals surface area contributed by atoms with E-state index in [2.05, 4.69) is 15.5 Å². The highest BCUT2D eigenvalue weighted by atomic mass is 16.5. The predicted molar refractivity (Wildman–Crippen MR) is 98.6 cm³/mol. The third-order valence-corrected chi connectivity index (χ3v) is 4.95. The average molecular weight is 353 g/mol. The monoisotopic (exact) mass is 353 g/mol. The van der Waals surface area contributed by atoms with Crippen LogP contribution in [0, 0.1) is 19.8 Å². The van der Waals surface area contributed by atoms with E-state index in [1.165, 1.54) is 0 Å². The standard InChI is InChI=1S/C20H23N3O3/c1-5-15-11(2)16-7-6-14(10-18(16)22-20(15)25)21-19(24)9-8-17-12(3)23-26-13(17)4/h6-7,10,16H,5,8-9H2,1-4H3,(H,22,25). The topological polar surface area (TPSA) is 84.6 Å². The van der Waals surface area contributed by atoms with Gasteiger partial charge in [0.2, 0.25) is 5.91 Å². The summed E-state index contributed by atoms with van der Waals surface area (Å²) in [7, 11) is 0. The molecule has 0 bridgehead atoms. The first-order valence-corrected chi connectivity index (χ1v) is 8.84. The lowest BCUT2D eigenvalue weighted by Gasteiger charge is -2.29. The van der Waals surface area contributed by atoms with E-state index in [1.807, 2.05) is 39.8 Å². The summed E-state index contributed by atoms with van der Waals surface area (Å²) in [5, 5.41) is 6.82. The van der Waals surface area contributed by atoms with Crippen LogP contribution in [0.25, 0.3) is 0 Å². The molecule has 6 nitrogen and oxygen atoms in total. The molecule has 2 aliphatic rings. The average Bonchev–Trinajstić information content (AvgIpc) is 2.91. The van der Waals surface area contributed by atoms with Crippen molar-refractivity contribution in [2.75, 3.05) is 0 Å². The first-order valence-electron chi connectivity index (χ1n) is 8.84. The Bertz CT molecular complexity index is 865. The first kappa shape index (κ1) is 18.0. The Morgan fingerprint density at radius 3 is 2.77 bits per heavy atom. The fourth-order valence-corrected chi connectivity index (χ4v) is 3.46. The largest absolute Gasteiger partial charge is 0.361 e. The van der Waals surface area contributed by atoms with Gasteiger partial charge >= 0.3 is 0 Å². The maximum Gasteiger partial charge on any atom is 0.251 e. The summed E-state index contributed by atoms with van der Waals surface area (Å²) in [4.78, 5) is 28.6. The maximum atomic E-state index is 12.2. The molecule has 0 spiro atoms. The minimum atomic E-state index is -0.205. The zero-order chi connectivity index (χ0) is 18.8. The smallest absolute Gasteiger partial charge is 0.251 e. The molecule has 1 aliphatic heterocycles. The molecule has 2 heterocycles. The Balaban J connectivity index is 1.72. The van der Waals surface area contributed by atoms with Gasteiger partial charge in [0.05, 0.1) is 11.4 Å². The van der Waals surface area contributed by atoms with Gasteiger partial charge < -0.3 is 9.84 Å². The predicted octanol–water partition coefficient (Wildman–Crippen LogP) is 3.12. The van der Waals surface area contributed by atoms with Crippen LogP contribution in [-0.2, 0) is 16.0 Å². The molecule has 0 radical (unpaired) electrons. The summed E-state index contributed by atoms with van der Waals surface area (Å²) >= 11 is 0. The third-order valence-electron chi connectivity index (χ3n) is 4.95. The van der Waals surface area contributed by atoms with E-state index in [9.17, 15) is 9.59 Å². The molecular weight excluding hydrogens is 330 g/mol. The summed E-state index contributed by atoms with van der Waals surface area (Å²) in [5.74, 6) is 0.527. The Labute approximate surface area is 152 Å². The lowest BCUT2D eigenvalue weighted by molar-refractivity contribution is -0.118. The van der Waals surface area contributed by atoms with Crippen molar-refractivity contribution in [1.82, 2.24) is 10.5 Å². The molecule has 1 unspecified atom stereocenters. The van der Waals surface area contributed by atoms with Gasteiger partial charge in [0.15, 0.2) is 0 Å². The lowest BCUT2D eigenvalue weighted by atomic mass is 9.84. The van der Waals surface area contributed by atoms with Crippen molar-refractivity contribution in [1.29, 1.82) is 0 Å². The number of nitrogens with zero attached hydrogens (tertiary/aromatic N) is 2. The van der Waals surface area contributed by atoms with Gasteiger partial charge in [0.1, 0.15) is 5.76 Å². The molecule has 0 aromatic carbocycles. The number of hydrogen-bond donors (Lipinski definition) is 1. The van der Waals surface area contributed by atoms with Crippen LogP contribution < -0.4 is 5.32 Å². The summed E-state index contributed by atoms with van der Waals surface area (Å²) in [6, 6.07) is 0. The Morgan fingerprint density at radius 1 is 1.35 bits per heavy atom. The number of aromatic nitrogens is 1. The fourth-order valence-electron chi connectivity index (χ4n) is 3.46. The normalized spacial score (nSPS) is 20.9. The second kappa shape index (κ2) is 7.23.